The Morgan fingerprint density at radius 2 is 2.30 bits per heavy atom. The summed E-state index contributed by atoms with van der Waals surface area (Å²) in [5.41, 5.74) is 6.25. The molecule has 0 radical (unpaired) electrons. The van der Waals surface area contributed by atoms with E-state index in [0.29, 0.717) is 10.2 Å². The molecule has 0 saturated carbocycles. The summed E-state index contributed by atoms with van der Waals surface area (Å²) in [6.07, 6.45) is 1.32. The second kappa shape index (κ2) is 5.80. The number of imidazole rings is 1. The molecule has 0 fully saturated rings. The van der Waals surface area contributed by atoms with Crippen LogP contribution in [-0.2, 0) is 4.74 Å². The van der Waals surface area contributed by atoms with Gasteiger partial charge in [0.05, 0.1) is 17.3 Å². The van der Waals surface area contributed by atoms with Gasteiger partial charge in [0, 0.05) is 4.47 Å². The molecule has 106 valence electrons. The van der Waals surface area contributed by atoms with Gasteiger partial charge in [0.1, 0.15) is 18.0 Å². The zero-order valence-electron chi connectivity index (χ0n) is 10.4. The SMILES string of the molecule is CCOC(=O)c1ncn(-c2c(Cl)cc(F)cc2Br)c1N. The fourth-order valence-corrected chi connectivity index (χ4v) is 2.69. The fraction of sp³-hybridized carbons (Fsp3) is 0.167. The van der Waals surface area contributed by atoms with Gasteiger partial charge in [-0.1, -0.05) is 11.6 Å². The highest BCUT2D eigenvalue weighted by Crippen LogP contribution is 2.32. The van der Waals surface area contributed by atoms with Crippen molar-refractivity contribution in [2.75, 3.05) is 12.3 Å². The number of aromatic nitrogens is 2. The Morgan fingerprint density at radius 3 is 2.90 bits per heavy atom. The topological polar surface area (TPSA) is 70.1 Å². The predicted molar refractivity (Wildman–Crippen MR) is 76.6 cm³/mol. The number of nitrogen functional groups attached to an aromatic ring is 1. The van der Waals surface area contributed by atoms with Gasteiger partial charge in [0.15, 0.2) is 5.69 Å². The van der Waals surface area contributed by atoms with Crippen LogP contribution in [0.25, 0.3) is 5.69 Å². The lowest BCUT2D eigenvalue weighted by Gasteiger charge is -2.10. The van der Waals surface area contributed by atoms with Crippen LogP contribution >= 0.6 is 27.5 Å². The number of anilines is 1. The summed E-state index contributed by atoms with van der Waals surface area (Å²) < 4.78 is 19.8. The number of carbonyl (C=O) groups excluding carboxylic acids is 1. The minimum Gasteiger partial charge on any atom is -0.461 e. The lowest BCUT2D eigenvalue weighted by atomic mass is 10.3. The summed E-state index contributed by atoms with van der Waals surface area (Å²) in [6.45, 7) is 1.89. The second-order valence-corrected chi connectivity index (χ2v) is 5.05. The Bertz CT molecular complexity index is 652. The summed E-state index contributed by atoms with van der Waals surface area (Å²) in [6, 6.07) is 2.38. The van der Waals surface area contributed by atoms with Crippen molar-refractivity contribution in [3.05, 3.63) is 39.5 Å². The number of ether oxygens (including phenoxy) is 1. The Labute approximate surface area is 127 Å². The second-order valence-electron chi connectivity index (χ2n) is 3.79. The van der Waals surface area contributed by atoms with Crippen molar-refractivity contribution in [2.45, 2.75) is 6.92 Å². The molecule has 0 aliphatic heterocycles. The van der Waals surface area contributed by atoms with E-state index in [1.807, 2.05) is 0 Å². The third-order valence-corrected chi connectivity index (χ3v) is 3.39. The lowest BCUT2D eigenvalue weighted by Crippen LogP contribution is -2.09. The van der Waals surface area contributed by atoms with E-state index in [-0.39, 0.29) is 23.1 Å². The molecule has 0 unspecified atom stereocenters. The van der Waals surface area contributed by atoms with E-state index in [1.165, 1.54) is 17.0 Å². The Balaban J connectivity index is 2.53. The third-order valence-electron chi connectivity index (χ3n) is 2.50. The van der Waals surface area contributed by atoms with Gasteiger partial charge in [-0.2, -0.15) is 0 Å². The van der Waals surface area contributed by atoms with Crippen LogP contribution in [0.3, 0.4) is 0 Å². The molecule has 5 nitrogen and oxygen atoms in total. The Hall–Kier alpha value is -1.60. The number of halogens is 3. The number of nitrogens with zero attached hydrogens (tertiary/aromatic N) is 2. The average Bonchev–Trinajstić information content (AvgIpc) is 2.71. The van der Waals surface area contributed by atoms with Crippen LogP contribution in [-0.4, -0.2) is 22.1 Å². The van der Waals surface area contributed by atoms with Gasteiger partial charge in [-0.15, -0.1) is 0 Å². The number of hydrogen-bond donors (Lipinski definition) is 1. The summed E-state index contributed by atoms with van der Waals surface area (Å²) in [5, 5.41) is 0.136. The molecule has 8 heteroatoms. The Kier molecular flexibility index (Phi) is 4.29. The van der Waals surface area contributed by atoms with Crippen molar-refractivity contribution in [2.24, 2.45) is 0 Å². The van der Waals surface area contributed by atoms with Crippen molar-refractivity contribution in [1.82, 2.24) is 9.55 Å². The number of rotatable bonds is 3. The number of nitrogens with two attached hydrogens (primary N) is 1. The van der Waals surface area contributed by atoms with Gasteiger partial charge < -0.3 is 10.5 Å². The maximum absolute atomic E-state index is 13.2. The molecule has 0 spiro atoms. The quantitative estimate of drug-likeness (QED) is 0.851. The molecule has 0 aliphatic carbocycles. The van der Waals surface area contributed by atoms with E-state index in [1.54, 1.807) is 6.92 Å². The fourth-order valence-electron chi connectivity index (χ4n) is 1.66. The third kappa shape index (κ3) is 2.64. The Morgan fingerprint density at radius 1 is 1.60 bits per heavy atom. The molecular weight excluding hydrogens is 353 g/mol. The molecule has 0 bridgehead atoms. The summed E-state index contributed by atoms with van der Waals surface area (Å²) in [7, 11) is 0. The highest BCUT2D eigenvalue weighted by molar-refractivity contribution is 9.10. The number of benzene rings is 1. The molecule has 1 aromatic heterocycles. The van der Waals surface area contributed by atoms with Gasteiger partial charge in [-0.25, -0.2) is 14.2 Å². The van der Waals surface area contributed by atoms with Gasteiger partial charge >= 0.3 is 5.97 Å². The van der Waals surface area contributed by atoms with E-state index in [2.05, 4.69) is 20.9 Å². The molecule has 0 saturated heterocycles. The molecule has 0 aliphatic rings. The van der Waals surface area contributed by atoms with Crippen LogP contribution in [0.2, 0.25) is 5.02 Å². The van der Waals surface area contributed by atoms with Crippen LogP contribution in [0.15, 0.2) is 22.9 Å². The largest absolute Gasteiger partial charge is 0.461 e. The maximum Gasteiger partial charge on any atom is 0.360 e. The number of hydrogen-bond acceptors (Lipinski definition) is 4. The van der Waals surface area contributed by atoms with Gasteiger partial charge in [0.2, 0.25) is 0 Å². The smallest absolute Gasteiger partial charge is 0.360 e. The van der Waals surface area contributed by atoms with Gasteiger partial charge in [-0.05, 0) is 35.0 Å². The van der Waals surface area contributed by atoms with Crippen molar-refractivity contribution in [1.29, 1.82) is 0 Å². The lowest BCUT2D eigenvalue weighted by molar-refractivity contribution is 0.0521. The molecule has 0 atom stereocenters. The average molecular weight is 363 g/mol. The van der Waals surface area contributed by atoms with Crippen LogP contribution in [0.5, 0.6) is 0 Å². The zero-order chi connectivity index (χ0) is 14.9. The highest BCUT2D eigenvalue weighted by atomic mass is 79.9. The minimum absolute atomic E-state index is 0.0147. The van der Waals surface area contributed by atoms with E-state index in [9.17, 15) is 9.18 Å². The molecule has 1 aromatic carbocycles. The van der Waals surface area contributed by atoms with Crippen molar-refractivity contribution in [3.63, 3.8) is 0 Å². The first-order valence-electron chi connectivity index (χ1n) is 5.60. The van der Waals surface area contributed by atoms with E-state index < -0.39 is 11.8 Å². The summed E-state index contributed by atoms with van der Waals surface area (Å²) in [5.74, 6) is -1.05. The van der Waals surface area contributed by atoms with Crippen LogP contribution in [0.1, 0.15) is 17.4 Å². The predicted octanol–water partition coefficient (Wildman–Crippen LogP) is 3.19. The van der Waals surface area contributed by atoms with Crippen molar-refractivity contribution in [3.8, 4) is 5.69 Å². The molecular formula is C12H10BrClFN3O2. The van der Waals surface area contributed by atoms with E-state index in [0.717, 1.165) is 6.07 Å². The molecule has 2 rings (SSSR count). The first-order chi connectivity index (χ1) is 9.45. The van der Waals surface area contributed by atoms with Crippen molar-refractivity contribution >= 4 is 39.3 Å². The maximum atomic E-state index is 13.2. The minimum atomic E-state index is -0.627. The molecule has 1 heterocycles. The van der Waals surface area contributed by atoms with Crippen LogP contribution in [0.4, 0.5) is 10.2 Å². The van der Waals surface area contributed by atoms with E-state index >= 15 is 0 Å². The van der Waals surface area contributed by atoms with Crippen LogP contribution in [0, 0.1) is 5.82 Å². The molecule has 0 amide bonds. The standard InChI is InChI=1S/C12H10BrClFN3O2/c1-2-20-12(19)9-11(16)18(5-17-9)10-7(13)3-6(15)4-8(10)14/h3-5H,2,16H2,1H3. The summed E-state index contributed by atoms with van der Waals surface area (Å²) >= 11 is 9.20. The summed E-state index contributed by atoms with van der Waals surface area (Å²) in [4.78, 5) is 15.6. The van der Waals surface area contributed by atoms with E-state index in [4.69, 9.17) is 22.1 Å². The zero-order valence-corrected chi connectivity index (χ0v) is 12.7. The number of esters is 1. The highest BCUT2D eigenvalue weighted by Gasteiger charge is 2.20. The van der Waals surface area contributed by atoms with Crippen molar-refractivity contribution < 1.29 is 13.9 Å². The normalized spacial score (nSPS) is 10.6. The molecule has 20 heavy (non-hydrogen) atoms. The monoisotopic (exact) mass is 361 g/mol. The first-order valence-corrected chi connectivity index (χ1v) is 6.77. The van der Waals surface area contributed by atoms with Gasteiger partial charge in [0.25, 0.3) is 0 Å². The van der Waals surface area contributed by atoms with Gasteiger partial charge in [-0.3, -0.25) is 4.57 Å². The number of carbonyl (C=O) groups is 1. The van der Waals surface area contributed by atoms with Crippen LogP contribution < -0.4 is 5.73 Å². The molecule has 2 aromatic rings. The first kappa shape index (κ1) is 14.8. The molecule has 2 N–H and O–H groups in total.